The smallest absolute Gasteiger partial charge is 0.333 e. The zero-order valence-corrected chi connectivity index (χ0v) is 15.3. The Hall–Kier alpha value is -2.67. The van der Waals surface area contributed by atoms with Crippen LogP contribution >= 0.6 is 0 Å². The molecule has 1 atom stereocenters. The number of ether oxygens (including phenoxy) is 2. The quantitative estimate of drug-likeness (QED) is 0.735. The average molecular weight is 360 g/mol. The largest absolute Gasteiger partial charge is 0.492 e. The second kappa shape index (κ2) is 9.15. The third kappa shape index (κ3) is 5.42. The number of nitrogens with zero attached hydrogens (tertiary/aromatic N) is 2. The van der Waals surface area contributed by atoms with Gasteiger partial charge in [0.25, 0.3) is 5.56 Å². The summed E-state index contributed by atoms with van der Waals surface area (Å²) in [4.78, 5) is 27.4. The molecule has 0 aliphatic rings. The topological polar surface area (TPSA) is 90.7 Å². The van der Waals surface area contributed by atoms with Crippen LogP contribution in [-0.4, -0.2) is 39.9 Å². The SMILES string of the molecule is CCOC(Cc1ccc(OCCn2c(C)nc(C)cc2=O)cc1)C(=O)O. The Morgan fingerprint density at radius 1 is 1.27 bits per heavy atom. The Balaban J connectivity index is 1.92. The fraction of sp³-hybridized carbons (Fsp3) is 0.421. The molecule has 7 heteroatoms. The van der Waals surface area contributed by atoms with Crippen molar-refractivity contribution in [2.75, 3.05) is 13.2 Å². The first-order valence-electron chi connectivity index (χ1n) is 8.52. The highest BCUT2D eigenvalue weighted by molar-refractivity contribution is 5.72. The second-order valence-electron chi connectivity index (χ2n) is 5.91. The van der Waals surface area contributed by atoms with Crippen molar-refractivity contribution < 1.29 is 19.4 Å². The zero-order chi connectivity index (χ0) is 19.1. The number of hydrogen-bond donors (Lipinski definition) is 1. The number of benzene rings is 1. The van der Waals surface area contributed by atoms with E-state index in [9.17, 15) is 9.59 Å². The third-order valence-corrected chi connectivity index (χ3v) is 3.90. The van der Waals surface area contributed by atoms with Crippen molar-refractivity contribution in [3.05, 3.63) is 57.8 Å². The minimum Gasteiger partial charge on any atom is -0.492 e. The van der Waals surface area contributed by atoms with E-state index >= 15 is 0 Å². The summed E-state index contributed by atoms with van der Waals surface area (Å²) in [6, 6.07) is 8.69. The van der Waals surface area contributed by atoms with Crippen molar-refractivity contribution in [1.29, 1.82) is 0 Å². The number of hydrogen-bond acceptors (Lipinski definition) is 5. The number of aryl methyl sites for hydroxylation is 2. The number of carboxylic acids is 1. The molecule has 0 saturated heterocycles. The average Bonchev–Trinajstić information content (AvgIpc) is 2.58. The van der Waals surface area contributed by atoms with Crippen LogP contribution in [0.1, 0.15) is 24.0 Å². The van der Waals surface area contributed by atoms with Crippen LogP contribution in [0, 0.1) is 13.8 Å². The summed E-state index contributed by atoms with van der Waals surface area (Å²) in [5.74, 6) is 0.340. The van der Waals surface area contributed by atoms with Crippen LogP contribution in [0.2, 0.25) is 0 Å². The molecule has 2 aromatic rings. The van der Waals surface area contributed by atoms with Gasteiger partial charge in [0.15, 0.2) is 6.10 Å². The molecule has 1 N–H and O–H groups in total. The molecule has 0 amide bonds. The van der Waals surface area contributed by atoms with Crippen LogP contribution in [0.25, 0.3) is 0 Å². The molecular weight excluding hydrogens is 336 g/mol. The predicted octanol–water partition coefficient (Wildman–Crippen LogP) is 1.97. The van der Waals surface area contributed by atoms with E-state index < -0.39 is 12.1 Å². The lowest BCUT2D eigenvalue weighted by molar-refractivity contribution is -0.149. The summed E-state index contributed by atoms with van der Waals surface area (Å²) < 4.78 is 12.5. The van der Waals surface area contributed by atoms with E-state index in [1.165, 1.54) is 6.07 Å². The molecule has 140 valence electrons. The van der Waals surface area contributed by atoms with Crippen LogP contribution in [0.15, 0.2) is 35.1 Å². The van der Waals surface area contributed by atoms with Gasteiger partial charge in [-0.25, -0.2) is 9.78 Å². The van der Waals surface area contributed by atoms with E-state index in [1.54, 1.807) is 37.5 Å². The summed E-state index contributed by atoms with van der Waals surface area (Å²) in [6.45, 7) is 6.44. The van der Waals surface area contributed by atoms with E-state index in [1.807, 2.05) is 12.1 Å². The van der Waals surface area contributed by atoms with Gasteiger partial charge in [0, 0.05) is 24.8 Å². The molecule has 1 unspecified atom stereocenters. The lowest BCUT2D eigenvalue weighted by Gasteiger charge is -2.13. The van der Waals surface area contributed by atoms with Gasteiger partial charge in [-0.2, -0.15) is 0 Å². The maximum atomic E-state index is 12.0. The van der Waals surface area contributed by atoms with Crippen molar-refractivity contribution >= 4 is 5.97 Å². The fourth-order valence-corrected chi connectivity index (χ4v) is 2.65. The molecule has 0 aliphatic heterocycles. The first-order valence-corrected chi connectivity index (χ1v) is 8.52. The molecule has 1 aromatic carbocycles. The second-order valence-corrected chi connectivity index (χ2v) is 5.91. The highest BCUT2D eigenvalue weighted by Crippen LogP contribution is 2.14. The van der Waals surface area contributed by atoms with E-state index in [-0.39, 0.29) is 5.56 Å². The van der Waals surface area contributed by atoms with Gasteiger partial charge in [-0.1, -0.05) is 12.1 Å². The lowest BCUT2D eigenvalue weighted by Crippen LogP contribution is -2.26. The molecule has 0 spiro atoms. The van der Waals surface area contributed by atoms with Crippen molar-refractivity contribution in [2.45, 2.75) is 39.8 Å². The summed E-state index contributed by atoms with van der Waals surface area (Å²) >= 11 is 0. The Morgan fingerprint density at radius 3 is 2.54 bits per heavy atom. The molecule has 26 heavy (non-hydrogen) atoms. The molecule has 0 bridgehead atoms. The molecule has 2 rings (SSSR count). The number of rotatable bonds is 9. The van der Waals surface area contributed by atoms with Gasteiger partial charge in [-0.3, -0.25) is 9.36 Å². The van der Waals surface area contributed by atoms with E-state index in [0.717, 1.165) is 5.56 Å². The Labute approximate surface area is 152 Å². The van der Waals surface area contributed by atoms with Crippen LogP contribution < -0.4 is 10.3 Å². The summed E-state index contributed by atoms with van der Waals surface area (Å²) in [5.41, 5.74) is 1.46. The first-order chi connectivity index (χ1) is 12.4. The van der Waals surface area contributed by atoms with E-state index in [0.29, 0.717) is 43.4 Å². The minimum absolute atomic E-state index is 0.0930. The minimum atomic E-state index is -0.973. The van der Waals surface area contributed by atoms with Gasteiger partial charge < -0.3 is 14.6 Å². The maximum Gasteiger partial charge on any atom is 0.333 e. The predicted molar refractivity (Wildman–Crippen MR) is 96.7 cm³/mol. The molecule has 7 nitrogen and oxygen atoms in total. The Morgan fingerprint density at radius 2 is 1.96 bits per heavy atom. The molecule has 1 heterocycles. The molecule has 1 aromatic heterocycles. The number of aromatic nitrogens is 2. The number of aliphatic carboxylic acids is 1. The number of carboxylic acid groups (broad SMARTS) is 1. The van der Waals surface area contributed by atoms with Crippen molar-refractivity contribution in [1.82, 2.24) is 9.55 Å². The fourth-order valence-electron chi connectivity index (χ4n) is 2.65. The summed E-state index contributed by atoms with van der Waals surface area (Å²) in [7, 11) is 0. The van der Waals surface area contributed by atoms with Crippen LogP contribution in [-0.2, 0) is 22.5 Å². The Kier molecular flexibility index (Phi) is 6.91. The highest BCUT2D eigenvalue weighted by atomic mass is 16.5. The molecule has 0 saturated carbocycles. The molecule has 0 aliphatic carbocycles. The van der Waals surface area contributed by atoms with Gasteiger partial charge in [0.2, 0.25) is 0 Å². The summed E-state index contributed by atoms with van der Waals surface area (Å²) in [5, 5.41) is 9.12. The first kappa shape index (κ1) is 19.7. The molecule has 0 fully saturated rings. The number of carbonyl (C=O) groups is 1. The van der Waals surface area contributed by atoms with Crippen molar-refractivity contribution in [3.63, 3.8) is 0 Å². The highest BCUT2D eigenvalue weighted by Gasteiger charge is 2.17. The lowest BCUT2D eigenvalue weighted by atomic mass is 10.1. The monoisotopic (exact) mass is 360 g/mol. The van der Waals surface area contributed by atoms with Crippen molar-refractivity contribution in [2.24, 2.45) is 0 Å². The van der Waals surface area contributed by atoms with Gasteiger partial charge in [0.1, 0.15) is 18.2 Å². The van der Waals surface area contributed by atoms with E-state index in [4.69, 9.17) is 14.6 Å². The van der Waals surface area contributed by atoms with E-state index in [2.05, 4.69) is 4.98 Å². The van der Waals surface area contributed by atoms with Crippen LogP contribution in [0.3, 0.4) is 0 Å². The Bertz CT molecular complexity index is 799. The zero-order valence-electron chi connectivity index (χ0n) is 15.3. The van der Waals surface area contributed by atoms with Crippen LogP contribution in [0.4, 0.5) is 0 Å². The summed E-state index contributed by atoms with van der Waals surface area (Å²) in [6.07, 6.45) is -0.553. The van der Waals surface area contributed by atoms with Gasteiger partial charge in [-0.05, 0) is 38.5 Å². The molecular formula is C19H24N2O5. The molecule has 0 radical (unpaired) electrons. The van der Waals surface area contributed by atoms with Crippen molar-refractivity contribution in [3.8, 4) is 5.75 Å². The normalized spacial score (nSPS) is 12.0. The third-order valence-electron chi connectivity index (χ3n) is 3.90. The van der Waals surface area contributed by atoms with Gasteiger partial charge in [0.05, 0.1) is 6.54 Å². The van der Waals surface area contributed by atoms with Gasteiger partial charge >= 0.3 is 5.97 Å². The van der Waals surface area contributed by atoms with Gasteiger partial charge in [-0.15, -0.1) is 0 Å². The standard InChI is InChI=1S/C19H24N2O5/c1-4-25-17(19(23)24)12-15-5-7-16(8-6-15)26-10-9-21-14(3)20-13(2)11-18(21)22/h5-8,11,17H,4,9-10,12H2,1-3H3,(H,23,24). The maximum absolute atomic E-state index is 12.0. The van der Waals surface area contributed by atoms with Crippen LogP contribution in [0.5, 0.6) is 5.75 Å².